The first-order chi connectivity index (χ1) is 9.22. The zero-order valence-electron chi connectivity index (χ0n) is 11.4. The smallest absolute Gasteiger partial charge is 0.223 e. The Morgan fingerprint density at radius 1 is 1.37 bits per heavy atom. The van der Waals surface area contributed by atoms with Crippen molar-refractivity contribution in [2.45, 2.75) is 45.1 Å². The highest BCUT2D eigenvalue weighted by atomic mass is 16.5. The molecule has 1 aromatic carbocycles. The molecule has 1 amide bonds. The van der Waals surface area contributed by atoms with Crippen LogP contribution >= 0.6 is 0 Å². The standard InChI is InChI=1S/C16H21NO2/c1-11-5-6-15-13(8-11)10-14(19-15)9-12-4-2-3-7-17-16(12)18/h5-6,8,12,14H,2-4,7,9-10H2,1H3,(H,17,18). The van der Waals surface area contributed by atoms with E-state index in [1.807, 2.05) is 0 Å². The van der Waals surface area contributed by atoms with Gasteiger partial charge in [-0.2, -0.15) is 0 Å². The summed E-state index contributed by atoms with van der Waals surface area (Å²) in [7, 11) is 0. The van der Waals surface area contributed by atoms with Gasteiger partial charge in [0.15, 0.2) is 0 Å². The minimum Gasteiger partial charge on any atom is -0.490 e. The van der Waals surface area contributed by atoms with Crippen molar-refractivity contribution in [3.05, 3.63) is 29.3 Å². The first-order valence-corrected chi connectivity index (χ1v) is 7.26. The number of rotatable bonds is 2. The first-order valence-electron chi connectivity index (χ1n) is 7.26. The zero-order valence-corrected chi connectivity index (χ0v) is 11.4. The van der Waals surface area contributed by atoms with Gasteiger partial charge in [-0.25, -0.2) is 0 Å². The average Bonchev–Trinajstić information content (AvgIpc) is 2.66. The van der Waals surface area contributed by atoms with Crippen LogP contribution in [-0.4, -0.2) is 18.6 Å². The summed E-state index contributed by atoms with van der Waals surface area (Å²) in [6.45, 7) is 2.94. The Bertz CT molecular complexity index is 484. The second kappa shape index (κ2) is 5.24. The third-order valence-corrected chi connectivity index (χ3v) is 4.15. The largest absolute Gasteiger partial charge is 0.490 e. The van der Waals surface area contributed by atoms with E-state index in [-0.39, 0.29) is 17.9 Å². The molecule has 0 spiro atoms. The molecule has 1 aromatic rings. The quantitative estimate of drug-likeness (QED) is 0.886. The number of hydrogen-bond donors (Lipinski definition) is 1. The number of nitrogens with one attached hydrogen (secondary N) is 1. The molecule has 3 rings (SSSR count). The molecular formula is C16H21NO2. The van der Waals surface area contributed by atoms with Crippen LogP contribution in [-0.2, 0) is 11.2 Å². The summed E-state index contributed by atoms with van der Waals surface area (Å²) in [5.74, 6) is 1.35. The molecule has 2 aliphatic rings. The van der Waals surface area contributed by atoms with E-state index in [1.54, 1.807) is 0 Å². The van der Waals surface area contributed by atoms with Gasteiger partial charge in [-0.3, -0.25) is 4.79 Å². The van der Waals surface area contributed by atoms with Gasteiger partial charge in [0.1, 0.15) is 11.9 Å². The van der Waals surface area contributed by atoms with E-state index < -0.39 is 0 Å². The van der Waals surface area contributed by atoms with E-state index in [0.29, 0.717) is 0 Å². The Morgan fingerprint density at radius 2 is 2.26 bits per heavy atom. The lowest BCUT2D eigenvalue weighted by molar-refractivity contribution is -0.125. The number of amides is 1. The molecule has 2 unspecified atom stereocenters. The number of benzene rings is 1. The molecule has 1 N–H and O–H groups in total. The molecule has 102 valence electrons. The van der Waals surface area contributed by atoms with E-state index in [4.69, 9.17) is 4.74 Å². The van der Waals surface area contributed by atoms with Crippen LogP contribution in [0.3, 0.4) is 0 Å². The van der Waals surface area contributed by atoms with E-state index in [9.17, 15) is 4.79 Å². The number of hydrogen-bond acceptors (Lipinski definition) is 2. The van der Waals surface area contributed by atoms with Crippen molar-refractivity contribution in [3.8, 4) is 5.75 Å². The van der Waals surface area contributed by atoms with Crippen LogP contribution in [0.25, 0.3) is 0 Å². The van der Waals surface area contributed by atoms with Crippen molar-refractivity contribution in [1.29, 1.82) is 0 Å². The monoisotopic (exact) mass is 259 g/mol. The van der Waals surface area contributed by atoms with Crippen LogP contribution < -0.4 is 10.1 Å². The van der Waals surface area contributed by atoms with Gasteiger partial charge < -0.3 is 10.1 Å². The normalized spacial score (nSPS) is 26.3. The van der Waals surface area contributed by atoms with E-state index in [1.165, 1.54) is 11.1 Å². The predicted octanol–water partition coefficient (Wildman–Crippen LogP) is 2.60. The van der Waals surface area contributed by atoms with Crippen molar-refractivity contribution in [1.82, 2.24) is 5.32 Å². The van der Waals surface area contributed by atoms with Gasteiger partial charge in [0.05, 0.1) is 0 Å². The Morgan fingerprint density at radius 3 is 3.16 bits per heavy atom. The molecule has 0 bridgehead atoms. The number of aryl methyl sites for hydroxylation is 1. The fraction of sp³-hybridized carbons (Fsp3) is 0.562. The summed E-state index contributed by atoms with van der Waals surface area (Å²) in [5.41, 5.74) is 2.56. The number of carbonyl (C=O) groups is 1. The molecule has 0 aromatic heterocycles. The van der Waals surface area contributed by atoms with E-state index in [0.717, 1.165) is 44.4 Å². The van der Waals surface area contributed by atoms with Crippen LogP contribution in [0.4, 0.5) is 0 Å². The van der Waals surface area contributed by atoms with Crippen molar-refractivity contribution in [2.24, 2.45) is 5.92 Å². The maximum atomic E-state index is 12.0. The Labute approximate surface area is 114 Å². The summed E-state index contributed by atoms with van der Waals surface area (Å²) < 4.78 is 5.97. The SMILES string of the molecule is Cc1ccc2c(c1)CC(CC1CCCCNC1=O)O2. The fourth-order valence-corrected chi connectivity index (χ4v) is 3.13. The lowest BCUT2D eigenvalue weighted by Crippen LogP contribution is -2.32. The molecule has 0 saturated carbocycles. The van der Waals surface area contributed by atoms with Crippen molar-refractivity contribution >= 4 is 5.91 Å². The molecule has 2 aliphatic heterocycles. The second-order valence-corrected chi connectivity index (χ2v) is 5.77. The van der Waals surface area contributed by atoms with Gasteiger partial charge in [0, 0.05) is 18.9 Å². The van der Waals surface area contributed by atoms with Crippen LogP contribution in [0.5, 0.6) is 5.75 Å². The summed E-state index contributed by atoms with van der Waals surface area (Å²) in [4.78, 5) is 12.0. The third kappa shape index (κ3) is 2.75. The Balaban J connectivity index is 1.64. The maximum Gasteiger partial charge on any atom is 0.223 e. The average molecular weight is 259 g/mol. The molecule has 1 saturated heterocycles. The molecule has 1 fully saturated rings. The highest BCUT2D eigenvalue weighted by molar-refractivity contribution is 5.78. The van der Waals surface area contributed by atoms with E-state index >= 15 is 0 Å². The molecular weight excluding hydrogens is 238 g/mol. The summed E-state index contributed by atoms with van der Waals surface area (Å²) in [6.07, 6.45) is 5.21. The van der Waals surface area contributed by atoms with Gasteiger partial charge >= 0.3 is 0 Å². The van der Waals surface area contributed by atoms with Crippen LogP contribution in [0.15, 0.2) is 18.2 Å². The second-order valence-electron chi connectivity index (χ2n) is 5.77. The van der Waals surface area contributed by atoms with Crippen LogP contribution in [0, 0.1) is 12.8 Å². The molecule has 3 heteroatoms. The Hall–Kier alpha value is -1.51. The third-order valence-electron chi connectivity index (χ3n) is 4.15. The fourth-order valence-electron chi connectivity index (χ4n) is 3.13. The first kappa shape index (κ1) is 12.5. The lowest BCUT2D eigenvalue weighted by Gasteiger charge is -2.17. The molecule has 3 nitrogen and oxygen atoms in total. The summed E-state index contributed by atoms with van der Waals surface area (Å²) in [5, 5.41) is 3.00. The van der Waals surface area contributed by atoms with Gasteiger partial charge in [-0.1, -0.05) is 24.1 Å². The Kier molecular flexibility index (Phi) is 3.45. The highest BCUT2D eigenvalue weighted by Crippen LogP contribution is 2.33. The zero-order chi connectivity index (χ0) is 13.2. The minimum absolute atomic E-state index is 0.128. The maximum absolute atomic E-state index is 12.0. The van der Waals surface area contributed by atoms with Crippen LogP contribution in [0.1, 0.15) is 36.8 Å². The van der Waals surface area contributed by atoms with Crippen molar-refractivity contribution in [3.63, 3.8) is 0 Å². The van der Waals surface area contributed by atoms with Crippen molar-refractivity contribution in [2.75, 3.05) is 6.54 Å². The molecule has 0 radical (unpaired) electrons. The topological polar surface area (TPSA) is 38.3 Å². The van der Waals surface area contributed by atoms with Crippen LogP contribution in [0.2, 0.25) is 0 Å². The molecule has 0 aliphatic carbocycles. The highest BCUT2D eigenvalue weighted by Gasteiger charge is 2.29. The predicted molar refractivity (Wildman–Crippen MR) is 74.3 cm³/mol. The lowest BCUT2D eigenvalue weighted by atomic mass is 9.94. The number of carbonyl (C=O) groups excluding carboxylic acids is 1. The van der Waals surface area contributed by atoms with Gasteiger partial charge in [0.2, 0.25) is 5.91 Å². The van der Waals surface area contributed by atoms with Gasteiger partial charge in [0.25, 0.3) is 0 Å². The summed E-state index contributed by atoms with van der Waals surface area (Å²) in [6, 6.07) is 6.33. The summed E-state index contributed by atoms with van der Waals surface area (Å²) >= 11 is 0. The van der Waals surface area contributed by atoms with Crippen molar-refractivity contribution < 1.29 is 9.53 Å². The molecule has 2 atom stereocenters. The van der Waals surface area contributed by atoms with E-state index in [2.05, 4.69) is 30.4 Å². The van der Waals surface area contributed by atoms with Gasteiger partial charge in [-0.05, 0) is 37.8 Å². The van der Waals surface area contributed by atoms with Gasteiger partial charge in [-0.15, -0.1) is 0 Å². The number of ether oxygens (including phenoxy) is 1. The number of fused-ring (bicyclic) bond motifs is 1. The molecule has 2 heterocycles. The minimum atomic E-state index is 0.128. The molecule has 19 heavy (non-hydrogen) atoms.